The summed E-state index contributed by atoms with van der Waals surface area (Å²) in [5.41, 5.74) is 6.36. The summed E-state index contributed by atoms with van der Waals surface area (Å²) < 4.78 is 25.1. The van der Waals surface area contributed by atoms with Gasteiger partial charge in [-0.3, -0.25) is 0 Å². The van der Waals surface area contributed by atoms with E-state index < -0.39 is 6.43 Å². The zero-order valence-electron chi connectivity index (χ0n) is 7.02. The van der Waals surface area contributed by atoms with Gasteiger partial charge in [0.2, 0.25) is 0 Å². The third kappa shape index (κ3) is 2.22. The highest BCUT2D eigenvalue weighted by Gasteiger charge is 2.17. The number of halogens is 3. The van der Waals surface area contributed by atoms with Crippen LogP contribution in [0.3, 0.4) is 0 Å². The lowest BCUT2D eigenvalue weighted by atomic mass is 10.1. The highest BCUT2D eigenvalue weighted by atomic mass is 79.9. The molecule has 0 saturated carbocycles. The van der Waals surface area contributed by atoms with Crippen LogP contribution in [-0.4, -0.2) is 4.98 Å². The number of hydrogen-bond donors (Lipinski definition) is 1. The Balaban J connectivity index is 3.30. The van der Waals surface area contributed by atoms with Gasteiger partial charge in [-0.15, -0.1) is 0 Å². The Kier molecular flexibility index (Phi) is 3.33. The summed E-state index contributed by atoms with van der Waals surface area (Å²) in [6, 6.07) is 1.58. The summed E-state index contributed by atoms with van der Waals surface area (Å²) in [6.45, 7) is 1.83. The van der Waals surface area contributed by atoms with Crippen molar-refractivity contribution in [2.75, 3.05) is 0 Å². The Morgan fingerprint density at radius 2 is 2.23 bits per heavy atom. The van der Waals surface area contributed by atoms with Gasteiger partial charge in [0.05, 0.1) is 5.56 Å². The number of pyridine rings is 1. The largest absolute Gasteiger partial charge is 0.326 e. The molecule has 0 radical (unpaired) electrons. The fraction of sp³-hybridized carbons (Fsp3) is 0.375. The first-order valence-electron chi connectivity index (χ1n) is 3.70. The third-order valence-electron chi connectivity index (χ3n) is 1.66. The minimum Gasteiger partial charge on any atom is -0.326 e. The molecule has 0 atom stereocenters. The number of aromatic nitrogens is 1. The predicted molar refractivity (Wildman–Crippen MR) is 49.5 cm³/mol. The molecular formula is C8H9BrF2N2. The molecule has 0 spiro atoms. The van der Waals surface area contributed by atoms with E-state index in [0.717, 1.165) is 0 Å². The summed E-state index contributed by atoms with van der Waals surface area (Å²) in [5, 5.41) is 0. The Morgan fingerprint density at radius 3 is 2.69 bits per heavy atom. The van der Waals surface area contributed by atoms with E-state index >= 15 is 0 Å². The second-order valence-corrected chi connectivity index (χ2v) is 3.38. The van der Waals surface area contributed by atoms with Crippen LogP contribution >= 0.6 is 15.9 Å². The molecule has 0 aliphatic heterocycles. The van der Waals surface area contributed by atoms with E-state index in [0.29, 0.717) is 11.3 Å². The van der Waals surface area contributed by atoms with Crippen molar-refractivity contribution in [3.8, 4) is 0 Å². The average Bonchev–Trinajstić information content (AvgIpc) is 2.01. The summed E-state index contributed by atoms with van der Waals surface area (Å²) in [6.07, 6.45) is -2.54. The van der Waals surface area contributed by atoms with Crippen LogP contribution in [0.4, 0.5) is 8.78 Å². The Morgan fingerprint density at radius 1 is 1.62 bits per heavy atom. The summed E-state index contributed by atoms with van der Waals surface area (Å²) in [5.74, 6) is 0. The molecule has 0 amide bonds. The first-order chi connectivity index (χ1) is 6.06. The lowest BCUT2D eigenvalue weighted by Crippen LogP contribution is -2.05. The highest BCUT2D eigenvalue weighted by Crippen LogP contribution is 2.29. The van der Waals surface area contributed by atoms with Gasteiger partial charge >= 0.3 is 0 Å². The topological polar surface area (TPSA) is 38.9 Å². The van der Waals surface area contributed by atoms with E-state index in [4.69, 9.17) is 5.73 Å². The molecule has 0 saturated heterocycles. The van der Waals surface area contributed by atoms with Crippen molar-refractivity contribution in [3.05, 3.63) is 27.5 Å². The number of nitrogens with zero attached hydrogens (tertiary/aromatic N) is 1. The molecule has 13 heavy (non-hydrogen) atoms. The number of nitrogens with two attached hydrogens (primary N) is 1. The molecule has 0 bridgehead atoms. The molecule has 72 valence electrons. The maximum atomic E-state index is 12.5. The minimum atomic E-state index is -2.54. The van der Waals surface area contributed by atoms with Crippen LogP contribution in [0.1, 0.15) is 23.2 Å². The van der Waals surface area contributed by atoms with E-state index in [1.165, 1.54) is 0 Å². The molecule has 5 heteroatoms. The van der Waals surface area contributed by atoms with Gasteiger partial charge in [-0.2, -0.15) is 0 Å². The van der Waals surface area contributed by atoms with Crippen molar-refractivity contribution >= 4 is 15.9 Å². The summed E-state index contributed by atoms with van der Waals surface area (Å²) in [7, 11) is 0. The SMILES string of the molecule is Cc1cc(CN)c(C(F)F)c(Br)n1. The lowest BCUT2D eigenvalue weighted by molar-refractivity contribution is 0.149. The van der Waals surface area contributed by atoms with Gasteiger partial charge in [-0.05, 0) is 34.5 Å². The highest BCUT2D eigenvalue weighted by molar-refractivity contribution is 9.10. The monoisotopic (exact) mass is 250 g/mol. The van der Waals surface area contributed by atoms with Crippen LogP contribution in [-0.2, 0) is 6.54 Å². The molecule has 0 aliphatic rings. The standard InChI is InChI=1S/C8H9BrF2N2/c1-4-2-5(3-12)6(8(10)11)7(9)13-4/h2,8H,3,12H2,1H3. The molecule has 0 unspecified atom stereocenters. The zero-order chi connectivity index (χ0) is 10.0. The van der Waals surface area contributed by atoms with Crippen molar-refractivity contribution in [1.29, 1.82) is 0 Å². The molecule has 1 rings (SSSR count). The van der Waals surface area contributed by atoms with Crippen molar-refractivity contribution in [2.24, 2.45) is 5.73 Å². The van der Waals surface area contributed by atoms with Crippen molar-refractivity contribution < 1.29 is 8.78 Å². The average molecular weight is 251 g/mol. The molecular weight excluding hydrogens is 242 g/mol. The van der Waals surface area contributed by atoms with Crippen molar-refractivity contribution in [2.45, 2.75) is 19.9 Å². The minimum absolute atomic E-state index is 0.0988. The summed E-state index contributed by atoms with van der Waals surface area (Å²) >= 11 is 2.99. The van der Waals surface area contributed by atoms with E-state index in [1.807, 2.05) is 0 Å². The van der Waals surface area contributed by atoms with E-state index in [9.17, 15) is 8.78 Å². The number of alkyl halides is 2. The Labute approximate surface area is 83.3 Å². The van der Waals surface area contributed by atoms with Gasteiger partial charge in [0, 0.05) is 12.2 Å². The molecule has 0 aliphatic carbocycles. The van der Waals surface area contributed by atoms with Crippen LogP contribution in [0.2, 0.25) is 0 Å². The number of hydrogen-bond acceptors (Lipinski definition) is 2. The third-order valence-corrected chi connectivity index (χ3v) is 2.27. The molecule has 1 heterocycles. The van der Waals surface area contributed by atoms with Crippen LogP contribution in [0.25, 0.3) is 0 Å². The first kappa shape index (κ1) is 10.5. The number of aryl methyl sites for hydroxylation is 1. The van der Waals surface area contributed by atoms with Gasteiger partial charge in [0.25, 0.3) is 6.43 Å². The van der Waals surface area contributed by atoms with Crippen LogP contribution < -0.4 is 5.73 Å². The van der Waals surface area contributed by atoms with Gasteiger partial charge < -0.3 is 5.73 Å². The molecule has 1 aromatic heterocycles. The van der Waals surface area contributed by atoms with Crippen molar-refractivity contribution in [3.63, 3.8) is 0 Å². The molecule has 2 N–H and O–H groups in total. The van der Waals surface area contributed by atoms with Crippen molar-refractivity contribution in [1.82, 2.24) is 4.98 Å². The number of rotatable bonds is 2. The molecule has 1 aromatic rings. The Bertz CT molecular complexity index is 315. The van der Waals surface area contributed by atoms with E-state index in [1.54, 1.807) is 13.0 Å². The van der Waals surface area contributed by atoms with Gasteiger partial charge in [0.15, 0.2) is 0 Å². The second kappa shape index (κ2) is 4.11. The fourth-order valence-electron chi connectivity index (χ4n) is 1.11. The first-order valence-corrected chi connectivity index (χ1v) is 4.49. The summed E-state index contributed by atoms with van der Waals surface area (Å²) in [4.78, 5) is 3.88. The zero-order valence-corrected chi connectivity index (χ0v) is 8.61. The normalized spacial score (nSPS) is 10.9. The van der Waals surface area contributed by atoms with Gasteiger partial charge in [-0.1, -0.05) is 0 Å². The van der Waals surface area contributed by atoms with Crippen LogP contribution in [0.5, 0.6) is 0 Å². The molecule has 0 fully saturated rings. The fourth-order valence-corrected chi connectivity index (χ4v) is 1.82. The molecule has 0 aromatic carbocycles. The second-order valence-electron chi connectivity index (χ2n) is 2.63. The Hall–Kier alpha value is -0.550. The van der Waals surface area contributed by atoms with E-state index in [2.05, 4.69) is 20.9 Å². The maximum Gasteiger partial charge on any atom is 0.266 e. The quantitative estimate of drug-likeness (QED) is 0.820. The van der Waals surface area contributed by atoms with Gasteiger partial charge in [0.1, 0.15) is 4.60 Å². The smallest absolute Gasteiger partial charge is 0.266 e. The maximum absolute atomic E-state index is 12.5. The lowest BCUT2D eigenvalue weighted by Gasteiger charge is -2.09. The van der Waals surface area contributed by atoms with E-state index in [-0.39, 0.29) is 16.7 Å². The van der Waals surface area contributed by atoms with Gasteiger partial charge in [-0.25, -0.2) is 13.8 Å². The van der Waals surface area contributed by atoms with Crippen LogP contribution in [0.15, 0.2) is 10.7 Å². The van der Waals surface area contributed by atoms with Crippen LogP contribution in [0, 0.1) is 6.92 Å². The predicted octanol–water partition coefficient (Wildman–Crippen LogP) is 2.55. The molecule has 2 nitrogen and oxygen atoms in total.